The number of fused-ring (bicyclic) bond motifs is 7. The monoisotopic (exact) mass is 779 g/mol. The van der Waals surface area contributed by atoms with Crippen LogP contribution >= 0.6 is 11.6 Å². The molecule has 0 aromatic heterocycles. The van der Waals surface area contributed by atoms with Gasteiger partial charge in [0.1, 0.15) is 12.2 Å². The van der Waals surface area contributed by atoms with Gasteiger partial charge in [0.2, 0.25) is 0 Å². The summed E-state index contributed by atoms with van der Waals surface area (Å²) >= 11 is 6.14. The summed E-state index contributed by atoms with van der Waals surface area (Å²) in [7, 11) is 0. The molecule has 0 bridgehead atoms. The number of nitrogens with one attached hydrogen (secondary N) is 1. The fourth-order valence-electron chi connectivity index (χ4n) is 13.4. The molecule has 0 saturated heterocycles. The summed E-state index contributed by atoms with van der Waals surface area (Å²) in [5.41, 5.74) is 1.37. The average Bonchev–Trinajstić information content (AvgIpc) is 3.39. The molecule has 304 valence electrons. The van der Waals surface area contributed by atoms with E-state index in [1.54, 1.807) is 13.8 Å². The van der Waals surface area contributed by atoms with E-state index >= 15 is 0 Å². The van der Waals surface area contributed by atoms with Crippen LogP contribution in [0.1, 0.15) is 139 Å². The van der Waals surface area contributed by atoms with Gasteiger partial charge in [-0.25, -0.2) is 0 Å². The number of rotatable bonds is 11. The average molecular weight is 780 g/mol. The van der Waals surface area contributed by atoms with Gasteiger partial charge < -0.3 is 19.9 Å². The number of benzene rings is 1. The molecule has 5 unspecified atom stereocenters. The van der Waals surface area contributed by atoms with E-state index in [-0.39, 0.29) is 57.8 Å². The molecule has 0 spiro atoms. The number of hydrogen-bond acceptors (Lipinski definition) is 7. The van der Waals surface area contributed by atoms with Crippen LogP contribution in [0, 0.1) is 56.2 Å². The maximum Gasteiger partial charge on any atom is 0.309 e. The SMILES string of the molecule is CC(=O)OC(CNCc1ccc(Cl)cc1)C12CC[C@]3(C)C(CCC4C3(C)CC[C@H]3C(C)(C)[C@@H](OC(=O)CC(C)(C)C(=O)O)CC[C@]43C)C1=C(C(C)C)C(=O)C2. The van der Waals surface area contributed by atoms with Gasteiger partial charge in [0.05, 0.1) is 11.8 Å². The molecular formula is C46H66ClNO7. The van der Waals surface area contributed by atoms with Gasteiger partial charge in [0.25, 0.3) is 0 Å². The second-order valence-corrected chi connectivity index (χ2v) is 20.8. The number of halogens is 1. The van der Waals surface area contributed by atoms with Crippen LogP contribution in [-0.2, 0) is 35.2 Å². The van der Waals surface area contributed by atoms with Crippen molar-refractivity contribution in [3.05, 3.63) is 46.0 Å². The Balaban J connectivity index is 1.30. The molecule has 6 rings (SSSR count). The maximum absolute atomic E-state index is 14.3. The zero-order valence-corrected chi connectivity index (χ0v) is 35.8. The van der Waals surface area contributed by atoms with Gasteiger partial charge in [-0.05, 0) is 134 Å². The topological polar surface area (TPSA) is 119 Å². The number of ketones is 1. The lowest BCUT2D eigenvalue weighted by Gasteiger charge is -2.72. The van der Waals surface area contributed by atoms with E-state index in [2.05, 4.69) is 53.8 Å². The van der Waals surface area contributed by atoms with Crippen molar-refractivity contribution in [2.75, 3.05) is 6.54 Å². The fourth-order valence-corrected chi connectivity index (χ4v) is 13.5. The van der Waals surface area contributed by atoms with Crippen molar-refractivity contribution in [3.63, 3.8) is 0 Å². The smallest absolute Gasteiger partial charge is 0.309 e. The standard InChI is InChI=1S/C46H66ClNO7/c1-27(2)38-32(50)23-46(36(54-28(3)49)26-48-25-29-11-13-30(47)14-12-29)22-21-44(9)31(39(38)46)15-16-34-43(8)19-18-35(55-37(51)24-41(4,5)40(52)53)42(6,7)33(43)17-20-45(34,44)10/h11-14,27,31,33-36,48H,15-26H2,1-10H3,(H,52,53)/t31?,33-,34?,35-,36?,43-,44+,45?,46?/m0/s1. The zero-order chi connectivity index (χ0) is 40.5. The van der Waals surface area contributed by atoms with Crippen molar-refractivity contribution >= 4 is 35.3 Å². The molecule has 9 atom stereocenters. The number of carboxylic acid groups (broad SMARTS) is 1. The number of esters is 2. The third-order valence-electron chi connectivity index (χ3n) is 16.4. The van der Waals surface area contributed by atoms with Crippen molar-refractivity contribution in [1.29, 1.82) is 0 Å². The van der Waals surface area contributed by atoms with Gasteiger partial charge in [0.15, 0.2) is 5.78 Å². The highest BCUT2D eigenvalue weighted by Crippen LogP contribution is 2.77. The highest BCUT2D eigenvalue weighted by atomic mass is 35.5. The van der Waals surface area contributed by atoms with Crippen LogP contribution in [0.15, 0.2) is 35.4 Å². The predicted octanol–water partition coefficient (Wildman–Crippen LogP) is 9.75. The number of allylic oxidation sites excluding steroid dienone is 1. The van der Waals surface area contributed by atoms with Crippen LogP contribution in [0.3, 0.4) is 0 Å². The van der Waals surface area contributed by atoms with Crippen LogP contribution in [-0.4, -0.2) is 47.6 Å². The van der Waals surface area contributed by atoms with E-state index in [1.807, 2.05) is 24.3 Å². The first kappa shape index (κ1) is 41.9. The third-order valence-corrected chi connectivity index (χ3v) is 16.6. The first-order valence-electron chi connectivity index (χ1n) is 20.9. The Morgan fingerprint density at radius 2 is 1.60 bits per heavy atom. The Morgan fingerprint density at radius 3 is 2.22 bits per heavy atom. The first-order valence-corrected chi connectivity index (χ1v) is 21.2. The number of ether oxygens (including phenoxy) is 2. The molecule has 5 aliphatic carbocycles. The first-order chi connectivity index (χ1) is 25.5. The lowest BCUT2D eigenvalue weighted by atomic mass is 9.33. The lowest BCUT2D eigenvalue weighted by molar-refractivity contribution is -0.235. The molecule has 0 heterocycles. The normalized spacial score (nSPS) is 36.0. The Hall–Kier alpha value is -2.71. The number of aliphatic carboxylic acids is 1. The molecule has 9 heteroatoms. The Labute approximate surface area is 334 Å². The summed E-state index contributed by atoms with van der Waals surface area (Å²) in [5, 5.41) is 13.9. The molecule has 4 saturated carbocycles. The van der Waals surface area contributed by atoms with E-state index in [0.29, 0.717) is 36.4 Å². The molecule has 5 aliphatic rings. The van der Waals surface area contributed by atoms with Crippen molar-refractivity contribution in [3.8, 4) is 0 Å². The lowest BCUT2D eigenvalue weighted by Crippen LogP contribution is -2.66. The number of Topliss-reactive ketones (excluding diaryl/α,β-unsaturated/α-hetero) is 1. The van der Waals surface area contributed by atoms with Gasteiger partial charge in [-0.15, -0.1) is 0 Å². The minimum atomic E-state index is -1.18. The highest BCUT2D eigenvalue weighted by Gasteiger charge is 2.71. The van der Waals surface area contributed by atoms with Gasteiger partial charge in [-0.3, -0.25) is 19.2 Å². The Bertz CT molecular complexity index is 1730. The van der Waals surface area contributed by atoms with Gasteiger partial charge >= 0.3 is 17.9 Å². The molecule has 55 heavy (non-hydrogen) atoms. The van der Waals surface area contributed by atoms with E-state index < -0.39 is 28.9 Å². The van der Waals surface area contributed by atoms with Crippen molar-refractivity contribution < 1.29 is 33.8 Å². The van der Waals surface area contributed by atoms with Crippen LogP contribution in [0.25, 0.3) is 0 Å². The summed E-state index contributed by atoms with van der Waals surface area (Å²) in [6, 6.07) is 7.76. The van der Waals surface area contributed by atoms with E-state index in [1.165, 1.54) is 12.5 Å². The molecule has 2 N–H and O–H groups in total. The van der Waals surface area contributed by atoms with Crippen molar-refractivity contribution in [2.24, 2.45) is 56.2 Å². The number of hydrogen-bond donors (Lipinski definition) is 2. The molecule has 1 aromatic rings. The van der Waals surface area contributed by atoms with Crippen LogP contribution in [0.5, 0.6) is 0 Å². The third kappa shape index (κ3) is 6.91. The largest absolute Gasteiger partial charge is 0.481 e. The molecular weight excluding hydrogens is 714 g/mol. The maximum atomic E-state index is 14.3. The number of carboxylic acids is 1. The van der Waals surface area contributed by atoms with E-state index in [0.717, 1.165) is 62.5 Å². The van der Waals surface area contributed by atoms with Crippen LogP contribution in [0.2, 0.25) is 5.02 Å². The fraction of sp³-hybridized carbons (Fsp3) is 0.739. The summed E-state index contributed by atoms with van der Waals surface area (Å²) in [4.78, 5) is 52.0. The Kier molecular flexibility index (Phi) is 11.1. The highest BCUT2D eigenvalue weighted by molar-refractivity contribution is 6.30. The van der Waals surface area contributed by atoms with E-state index in [9.17, 15) is 24.3 Å². The molecule has 8 nitrogen and oxygen atoms in total. The van der Waals surface area contributed by atoms with Crippen molar-refractivity contribution in [1.82, 2.24) is 5.32 Å². The van der Waals surface area contributed by atoms with Gasteiger partial charge in [-0.2, -0.15) is 0 Å². The quantitative estimate of drug-likeness (QED) is 0.213. The number of carbonyl (C=O) groups is 4. The molecule has 0 aliphatic heterocycles. The molecule has 0 radical (unpaired) electrons. The summed E-state index contributed by atoms with van der Waals surface area (Å²) in [6.45, 7) is 22.1. The minimum Gasteiger partial charge on any atom is -0.481 e. The second kappa shape index (κ2) is 14.6. The van der Waals surface area contributed by atoms with Gasteiger partial charge in [-0.1, -0.05) is 72.2 Å². The summed E-state index contributed by atoms with van der Waals surface area (Å²) in [5.74, 6) is -0.439. The predicted molar refractivity (Wildman–Crippen MR) is 214 cm³/mol. The van der Waals surface area contributed by atoms with Gasteiger partial charge in [0, 0.05) is 42.3 Å². The molecule has 1 aromatic carbocycles. The Morgan fingerprint density at radius 1 is 0.927 bits per heavy atom. The summed E-state index contributed by atoms with van der Waals surface area (Å²) in [6.07, 6.45) is 7.14. The summed E-state index contributed by atoms with van der Waals surface area (Å²) < 4.78 is 12.5. The van der Waals surface area contributed by atoms with Crippen LogP contribution < -0.4 is 5.32 Å². The molecule has 4 fully saturated rings. The van der Waals surface area contributed by atoms with Crippen LogP contribution in [0.4, 0.5) is 0 Å². The zero-order valence-electron chi connectivity index (χ0n) is 35.0. The molecule has 0 amide bonds. The van der Waals surface area contributed by atoms with E-state index in [4.69, 9.17) is 21.1 Å². The second-order valence-electron chi connectivity index (χ2n) is 20.4. The minimum absolute atomic E-state index is 0.0168. The van der Waals surface area contributed by atoms with Crippen molar-refractivity contribution in [2.45, 2.75) is 152 Å². The number of carbonyl (C=O) groups excluding carboxylic acids is 3.